The number of benzene rings is 2. The van der Waals surface area contributed by atoms with Crippen LogP contribution in [0.5, 0.6) is 0 Å². The SMILES string of the molecule is O=C1CC(Cc2ccc([N+](=O)[O-])cc2)c2ccccc2N1C(=O)N1CCNCC1. The maximum atomic E-state index is 13.0. The fourth-order valence-electron chi connectivity index (χ4n) is 4.01. The summed E-state index contributed by atoms with van der Waals surface area (Å²) in [6, 6.07) is 13.7. The van der Waals surface area contributed by atoms with Crippen molar-refractivity contribution in [2.24, 2.45) is 0 Å². The Hall–Kier alpha value is -3.26. The third kappa shape index (κ3) is 3.84. The molecule has 0 aliphatic carbocycles. The van der Waals surface area contributed by atoms with Crippen molar-refractivity contribution in [2.75, 3.05) is 31.1 Å². The maximum absolute atomic E-state index is 13.0. The van der Waals surface area contributed by atoms with Crippen molar-refractivity contribution in [1.82, 2.24) is 10.2 Å². The summed E-state index contributed by atoms with van der Waals surface area (Å²) < 4.78 is 0. The van der Waals surface area contributed by atoms with Crippen LogP contribution in [0.3, 0.4) is 0 Å². The lowest BCUT2D eigenvalue weighted by atomic mass is 9.84. The molecule has 1 fully saturated rings. The van der Waals surface area contributed by atoms with Gasteiger partial charge in [-0.05, 0) is 29.5 Å². The molecule has 1 atom stereocenters. The van der Waals surface area contributed by atoms with Crippen molar-refractivity contribution in [3.05, 3.63) is 69.8 Å². The summed E-state index contributed by atoms with van der Waals surface area (Å²) in [5, 5.41) is 14.1. The fourth-order valence-corrected chi connectivity index (χ4v) is 4.01. The lowest BCUT2D eigenvalue weighted by molar-refractivity contribution is -0.384. The number of fused-ring (bicyclic) bond motifs is 1. The van der Waals surface area contributed by atoms with E-state index >= 15 is 0 Å². The standard InChI is InChI=1S/C21H22N4O4/c26-20-14-16(13-15-5-7-17(8-6-15)25(28)29)18-3-1-2-4-19(18)24(20)21(27)23-11-9-22-10-12-23/h1-8,16,22H,9-14H2. The van der Waals surface area contributed by atoms with E-state index in [0.717, 1.165) is 24.2 Å². The van der Waals surface area contributed by atoms with Gasteiger partial charge in [-0.2, -0.15) is 0 Å². The monoisotopic (exact) mass is 394 g/mol. The summed E-state index contributed by atoms with van der Waals surface area (Å²) in [4.78, 5) is 39.4. The first kappa shape index (κ1) is 19.1. The highest BCUT2D eigenvalue weighted by atomic mass is 16.6. The molecule has 1 N–H and O–H groups in total. The number of rotatable bonds is 3. The zero-order chi connectivity index (χ0) is 20.4. The van der Waals surface area contributed by atoms with E-state index in [1.54, 1.807) is 17.0 Å². The molecule has 1 unspecified atom stereocenters. The van der Waals surface area contributed by atoms with E-state index in [0.29, 0.717) is 25.2 Å². The zero-order valence-electron chi connectivity index (χ0n) is 15.9. The predicted molar refractivity (Wildman–Crippen MR) is 108 cm³/mol. The molecule has 0 saturated carbocycles. The van der Waals surface area contributed by atoms with Crippen LogP contribution in [0.4, 0.5) is 16.2 Å². The molecule has 1 saturated heterocycles. The Bertz CT molecular complexity index is 938. The lowest BCUT2D eigenvalue weighted by Gasteiger charge is -2.37. The van der Waals surface area contributed by atoms with Gasteiger partial charge in [0.2, 0.25) is 5.91 Å². The third-order valence-corrected chi connectivity index (χ3v) is 5.50. The first-order valence-electron chi connectivity index (χ1n) is 9.69. The Morgan fingerprint density at radius 2 is 1.79 bits per heavy atom. The van der Waals surface area contributed by atoms with E-state index in [9.17, 15) is 19.7 Å². The Labute approximate surface area is 168 Å². The van der Waals surface area contributed by atoms with Crippen LogP contribution in [0.15, 0.2) is 48.5 Å². The molecule has 3 amide bonds. The molecular formula is C21H22N4O4. The third-order valence-electron chi connectivity index (χ3n) is 5.50. The molecule has 29 heavy (non-hydrogen) atoms. The predicted octanol–water partition coefficient (Wildman–Crippen LogP) is 2.68. The summed E-state index contributed by atoms with van der Waals surface area (Å²) in [6.45, 7) is 2.60. The van der Waals surface area contributed by atoms with Crippen molar-refractivity contribution in [2.45, 2.75) is 18.8 Å². The minimum atomic E-state index is -0.428. The summed E-state index contributed by atoms with van der Waals surface area (Å²) in [5.41, 5.74) is 2.56. The second-order valence-corrected chi connectivity index (χ2v) is 7.34. The van der Waals surface area contributed by atoms with Gasteiger partial charge in [0.15, 0.2) is 0 Å². The number of non-ortho nitro benzene ring substituents is 1. The molecule has 0 spiro atoms. The normalized spacial score (nSPS) is 19.0. The molecule has 2 aliphatic rings. The minimum absolute atomic E-state index is 0.0432. The summed E-state index contributed by atoms with van der Waals surface area (Å²) in [5.74, 6) is -0.286. The van der Waals surface area contributed by atoms with Crippen molar-refractivity contribution >= 4 is 23.3 Å². The highest BCUT2D eigenvalue weighted by Gasteiger charge is 2.37. The Morgan fingerprint density at radius 1 is 1.10 bits per heavy atom. The maximum Gasteiger partial charge on any atom is 0.331 e. The number of amides is 3. The molecular weight excluding hydrogens is 372 g/mol. The van der Waals surface area contributed by atoms with E-state index in [1.165, 1.54) is 17.0 Å². The fraction of sp³-hybridized carbons (Fsp3) is 0.333. The number of nitro benzene ring substituents is 1. The number of nitro groups is 1. The molecule has 2 aromatic carbocycles. The topological polar surface area (TPSA) is 95.8 Å². The minimum Gasteiger partial charge on any atom is -0.321 e. The Balaban J connectivity index is 1.60. The van der Waals surface area contributed by atoms with Crippen molar-refractivity contribution in [1.29, 1.82) is 0 Å². The van der Waals surface area contributed by atoms with Gasteiger partial charge >= 0.3 is 6.03 Å². The second-order valence-electron chi connectivity index (χ2n) is 7.34. The number of urea groups is 1. The van der Waals surface area contributed by atoms with Crippen molar-refractivity contribution < 1.29 is 14.5 Å². The number of nitrogens with one attached hydrogen (secondary N) is 1. The average molecular weight is 394 g/mol. The number of piperazine rings is 1. The number of imide groups is 1. The van der Waals surface area contributed by atoms with Crippen LogP contribution in [-0.2, 0) is 11.2 Å². The van der Waals surface area contributed by atoms with Gasteiger partial charge in [0.05, 0.1) is 10.6 Å². The number of hydrogen-bond acceptors (Lipinski definition) is 5. The van der Waals surface area contributed by atoms with Crippen molar-refractivity contribution in [3.63, 3.8) is 0 Å². The largest absolute Gasteiger partial charge is 0.331 e. The molecule has 0 aromatic heterocycles. The summed E-state index contributed by atoms with van der Waals surface area (Å²) >= 11 is 0. The number of carbonyl (C=O) groups excluding carboxylic acids is 2. The van der Waals surface area contributed by atoms with E-state index < -0.39 is 4.92 Å². The molecule has 8 nitrogen and oxygen atoms in total. The second kappa shape index (κ2) is 8.00. The van der Waals surface area contributed by atoms with Crippen molar-refractivity contribution in [3.8, 4) is 0 Å². The highest BCUT2D eigenvalue weighted by Crippen LogP contribution is 2.38. The number of para-hydroxylation sites is 1. The van der Waals surface area contributed by atoms with Crippen LogP contribution in [0.25, 0.3) is 0 Å². The number of anilines is 1. The van der Waals surface area contributed by atoms with Gasteiger partial charge < -0.3 is 10.2 Å². The van der Waals surface area contributed by atoms with E-state index in [2.05, 4.69) is 5.32 Å². The quantitative estimate of drug-likeness (QED) is 0.638. The molecule has 150 valence electrons. The van der Waals surface area contributed by atoms with Crippen LogP contribution in [-0.4, -0.2) is 47.9 Å². The van der Waals surface area contributed by atoms with E-state index in [1.807, 2.05) is 24.3 Å². The molecule has 2 aliphatic heterocycles. The molecule has 2 aromatic rings. The lowest BCUT2D eigenvalue weighted by Crippen LogP contribution is -2.54. The van der Waals surface area contributed by atoms with E-state index in [-0.39, 0.29) is 30.0 Å². The van der Waals surface area contributed by atoms with Crippen LogP contribution in [0.1, 0.15) is 23.5 Å². The van der Waals surface area contributed by atoms with Gasteiger partial charge in [0.25, 0.3) is 5.69 Å². The number of nitrogens with zero attached hydrogens (tertiary/aromatic N) is 3. The van der Waals surface area contributed by atoms with Gasteiger partial charge in [-0.15, -0.1) is 0 Å². The molecule has 0 radical (unpaired) electrons. The molecule has 0 bridgehead atoms. The van der Waals surface area contributed by atoms with E-state index in [4.69, 9.17) is 0 Å². The number of carbonyl (C=O) groups is 2. The van der Waals surface area contributed by atoms with Crippen LogP contribution in [0.2, 0.25) is 0 Å². The highest BCUT2D eigenvalue weighted by molar-refractivity contribution is 6.16. The van der Waals surface area contributed by atoms with Gasteiger partial charge in [0, 0.05) is 44.7 Å². The first-order valence-corrected chi connectivity index (χ1v) is 9.69. The smallest absolute Gasteiger partial charge is 0.321 e. The zero-order valence-corrected chi connectivity index (χ0v) is 15.9. The average Bonchev–Trinajstić information content (AvgIpc) is 2.74. The van der Waals surface area contributed by atoms with Gasteiger partial charge in [-0.3, -0.25) is 14.9 Å². The molecule has 4 rings (SSSR count). The molecule has 2 heterocycles. The Morgan fingerprint density at radius 3 is 2.48 bits per heavy atom. The van der Waals surface area contributed by atoms with Crippen LogP contribution < -0.4 is 10.2 Å². The van der Waals surface area contributed by atoms with Crippen LogP contribution >= 0.6 is 0 Å². The Kier molecular flexibility index (Phi) is 5.26. The van der Waals surface area contributed by atoms with Gasteiger partial charge in [-0.25, -0.2) is 9.69 Å². The van der Waals surface area contributed by atoms with Gasteiger partial charge in [0.1, 0.15) is 0 Å². The van der Waals surface area contributed by atoms with Crippen LogP contribution in [0, 0.1) is 10.1 Å². The molecule has 8 heteroatoms. The summed E-state index contributed by atoms with van der Waals surface area (Å²) in [6.07, 6.45) is 0.808. The first-order chi connectivity index (χ1) is 14.0. The van der Waals surface area contributed by atoms with Gasteiger partial charge in [-0.1, -0.05) is 30.3 Å². The summed E-state index contributed by atoms with van der Waals surface area (Å²) in [7, 11) is 0. The number of hydrogen-bond donors (Lipinski definition) is 1.